The van der Waals surface area contributed by atoms with E-state index in [4.69, 9.17) is 0 Å². The van der Waals surface area contributed by atoms with Crippen LogP contribution < -0.4 is 0 Å². The van der Waals surface area contributed by atoms with E-state index < -0.39 is 23.3 Å². The number of carbonyl (C=O) groups is 1. The van der Waals surface area contributed by atoms with E-state index in [0.717, 1.165) is 17.2 Å². The Bertz CT molecular complexity index is 773. The molecule has 1 aliphatic heterocycles. The van der Waals surface area contributed by atoms with Crippen molar-refractivity contribution in [2.24, 2.45) is 0 Å². The van der Waals surface area contributed by atoms with Crippen molar-refractivity contribution in [2.75, 3.05) is 0 Å². The van der Waals surface area contributed by atoms with Crippen LogP contribution in [0.2, 0.25) is 0 Å². The van der Waals surface area contributed by atoms with Gasteiger partial charge in [-0.05, 0) is 42.6 Å². The van der Waals surface area contributed by atoms with Crippen LogP contribution in [0.4, 0.5) is 4.39 Å². The molecule has 0 amide bonds. The molecule has 1 aromatic heterocycles. The first-order valence-electron chi connectivity index (χ1n) is 7.04. The fourth-order valence-electron chi connectivity index (χ4n) is 2.79. The second-order valence-electron chi connectivity index (χ2n) is 5.53. The summed E-state index contributed by atoms with van der Waals surface area (Å²) in [5.41, 5.74) is -1.30. The van der Waals surface area contributed by atoms with E-state index in [0.29, 0.717) is 15.3 Å². The van der Waals surface area contributed by atoms with E-state index in [2.05, 4.69) is 0 Å². The summed E-state index contributed by atoms with van der Waals surface area (Å²) in [5.74, 6) is -1.06. The van der Waals surface area contributed by atoms with Gasteiger partial charge in [0.1, 0.15) is 11.9 Å². The highest BCUT2D eigenvalue weighted by Gasteiger charge is 2.58. The van der Waals surface area contributed by atoms with Gasteiger partial charge >= 0.3 is 5.66 Å². The fraction of sp³-hybridized carbons (Fsp3) is 0.250. The minimum absolute atomic E-state index is 0.161. The molecule has 1 aromatic carbocycles. The number of hydrogen-bond acceptors (Lipinski definition) is 5. The third-order valence-corrected chi connectivity index (χ3v) is 5.03. The molecule has 2 heterocycles. The molecule has 120 valence electrons. The van der Waals surface area contributed by atoms with Crippen molar-refractivity contribution >= 4 is 22.8 Å². The molecule has 0 aliphatic carbocycles. The maximum Gasteiger partial charge on any atom is 0.312 e. The molecule has 23 heavy (non-hydrogen) atoms. The summed E-state index contributed by atoms with van der Waals surface area (Å²) >= 11 is 1.36. The van der Waals surface area contributed by atoms with Crippen LogP contribution in [0.5, 0.6) is 0 Å². The number of hydrogen-bond donors (Lipinski definition) is 1. The highest BCUT2D eigenvalue weighted by atomic mass is 32.1. The Labute approximate surface area is 136 Å². The van der Waals surface area contributed by atoms with E-state index >= 15 is 0 Å². The predicted molar refractivity (Wildman–Crippen MR) is 84.3 cm³/mol. The predicted octanol–water partition coefficient (Wildman–Crippen LogP) is 2.88. The van der Waals surface area contributed by atoms with Gasteiger partial charge in [0.05, 0.1) is 4.88 Å². The minimum Gasteiger partial charge on any atom is -0.622 e. The Kier molecular flexibility index (Phi) is 3.79. The summed E-state index contributed by atoms with van der Waals surface area (Å²) in [6.07, 6.45) is 0. The van der Waals surface area contributed by atoms with E-state index in [9.17, 15) is 19.6 Å². The second kappa shape index (κ2) is 5.52. The molecule has 0 fully saturated rings. The van der Waals surface area contributed by atoms with Gasteiger partial charge in [-0.2, -0.15) is 4.74 Å². The molecule has 7 heteroatoms. The number of nitrogens with zero attached hydrogens (tertiary/aromatic N) is 2. The van der Waals surface area contributed by atoms with E-state index in [-0.39, 0.29) is 5.56 Å². The summed E-state index contributed by atoms with van der Waals surface area (Å²) in [7, 11) is 0. The molecule has 2 aromatic rings. The lowest BCUT2D eigenvalue weighted by molar-refractivity contribution is -0.561. The summed E-state index contributed by atoms with van der Waals surface area (Å²) in [6.45, 7) is 3.02. The normalized spacial score (nSPS) is 25.1. The number of ketones is 1. The summed E-state index contributed by atoms with van der Waals surface area (Å²) in [6, 6.07) is 7.83. The van der Waals surface area contributed by atoms with Crippen LogP contribution in [0, 0.1) is 11.0 Å². The van der Waals surface area contributed by atoms with Gasteiger partial charge in [0.25, 0.3) is 5.78 Å². The molecular weight excluding hydrogens is 319 g/mol. The van der Waals surface area contributed by atoms with Crippen molar-refractivity contribution in [2.45, 2.75) is 25.6 Å². The smallest absolute Gasteiger partial charge is 0.312 e. The molecular formula is C16H15FN2O3S. The molecule has 1 aliphatic rings. The van der Waals surface area contributed by atoms with Gasteiger partial charge in [0.2, 0.25) is 5.71 Å². The van der Waals surface area contributed by atoms with Crippen molar-refractivity contribution in [3.63, 3.8) is 0 Å². The standard InChI is InChI=1S/C16H15FN2O3S/c1-10-14(13-4-3-9-23-13)19(22)16(2,18(10)21)15(20)11-5-7-12(17)8-6-11/h3-10,21H,1-2H3/t10-,16-/m1/s1. The number of rotatable bonds is 3. The molecule has 5 nitrogen and oxygen atoms in total. The van der Waals surface area contributed by atoms with Crippen molar-refractivity contribution in [1.29, 1.82) is 0 Å². The van der Waals surface area contributed by atoms with Crippen LogP contribution in [-0.2, 0) is 0 Å². The monoisotopic (exact) mass is 334 g/mol. The van der Waals surface area contributed by atoms with Gasteiger partial charge in [0.15, 0.2) is 0 Å². The fourth-order valence-corrected chi connectivity index (χ4v) is 3.63. The first kappa shape index (κ1) is 15.8. The number of benzene rings is 1. The average Bonchev–Trinajstić information content (AvgIpc) is 3.12. The van der Waals surface area contributed by atoms with Crippen molar-refractivity contribution in [3.05, 3.63) is 63.2 Å². The van der Waals surface area contributed by atoms with Crippen LogP contribution in [-0.4, -0.2) is 38.2 Å². The van der Waals surface area contributed by atoms with Crippen molar-refractivity contribution in [3.8, 4) is 0 Å². The largest absolute Gasteiger partial charge is 0.622 e. The van der Waals surface area contributed by atoms with Gasteiger partial charge in [-0.25, -0.2) is 4.39 Å². The minimum atomic E-state index is -1.80. The molecule has 0 bridgehead atoms. The Morgan fingerprint density at radius 2 is 2.04 bits per heavy atom. The first-order chi connectivity index (χ1) is 10.9. The van der Waals surface area contributed by atoms with Crippen LogP contribution in [0.15, 0.2) is 41.8 Å². The van der Waals surface area contributed by atoms with Crippen LogP contribution in [0.3, 0.4) is 0 Å². The lowest BCUT2D eigenvalue weighted by atomic mass is 9.99. The summed E-state index contributed by atoms with van der Waals surface area (Å²) < 4.78 is 13.6. The molecule has 1 N–H and O–H groups in total. The Hall–Kier alpha value is -2.09. The molecule has 3 rings (SSSR count). The molecule has 0 unspecified atom stereocenters. The van der Waals surface area contributed by atoms with Gasteiger partial charge in [-0.1, -0.05) is 6.07 Å². The van der Waals surface area contributed by atoms with Crippen LogP contribution in [0.1, 0.15) is 29.1 Å². The Morgan fingerprint density at radius 1 is 1.39 bits per heavy atom. The third-order valence-electron chi connectivity index (χ3n) is 4.13. The molecule has 2 atom stereocenters. The van der Waals surface area contributed by atoms with Crippen molar-refractivity contribution < 1.29 is 19.1 Å². The number of thiophene rings is 1. The summed E-state index contributed by atoms with van der Waals surface area (Å²) in [4.78, 5) is 13.5. The zero-order valence-corrected chi connectivity index (χ0v) is 13.4. The Morgan fingerprint density at radius 3 is 2.61 bits per heavy atom. The third kappa shape index (κ3) is 2.28. The van der Waals surface area contributed by atoms with E-state index in [1.807, 2.05) is 5.38 Å². The SMILES string of the molecule is C[C@@H]1C(c2cccs2)=[N+]([O-])[C@](C)(C(=O)c2ccc(F)cc2)N1O. The number of halogens is 1. The lowest BCUT2D eigenvalue weighted by Gasteiger charge is -2.27. The maximum absolute atomic E-state index is 13.0. The topological polar surface area (TPSA) is 66.6 Å². The highest BCUT2D eigenvalue weighted by molar-refractivity contribution is 7.12. The second-order valence-corrected chi connectivity index (χ2v) is 6.48. The van der Waals surface area contributed by atoms with Gasteiger partial charge < -0.3 is 10.4 Å². The van der Waals surface area contributed by atoms with E-state index in [1.165, 1.54) is 30.4 Å². The molecule has 0 saturated carbocycles. The van der Waals surface area contributed by atoms with Gasteiger partial charge in [0, 0.05) is 12.5 Å². The maximum atomic E-state index is 13.0. The Balaban J connectivity index is 2.09. The number of hydroxylamine groups is 3. The van der Waals surface area contributed by atoms with Gasteiger partial charge in [-0.15, -0.1) is 16.4 Å². The molecule has 0 saturated heterocycles. The molecule has 0 radical (unpaired) electrons. The quantitative estimate of drug-likeness (QED) is 0.532. The first-order valence-corrected chi connectivity index (χ1v) is 7.92. The highest BCUT2D eigenvalue weighted by Crippen LogP contribution is 2.32. The summed E-state index contributed by atoms with van der Waals surface area (Å²) in [5, 5.41) is 25.8. The van der Waals surface area contributed by atoms with Gasteiger partial charge in [-0.3, -0.25) is 4.79 Å². The zero-order chi connectivity index (χ0) is 16.8. The van der Waals surface area contributed by atoms with Crippen molar-refractivity contribution in [1.82, 2.24) is 5.06 Å². The van der Waals surface area contributed by atoms with Crippen LogP contribution in [0.25, 0.3) is 0 Å². The van der Waals surface area contributed by atoms with E-state index in [1.54, 1.807) is 19.1 Å². The number of Topliss-reactive ketones (excluding diaryl/α,β-unsaturated/α-hetero) is 1. The average molecular weight is 334 g/mol. The lowest BCUT2D eigenvalue weighted by Crippen LogP contribution is -2.54. The molecule has 0 spiro atoms. The zero-order valence-electron chi connectivity index (χ0n) is 12.6. The number of carbonyl (C=O) groups excluding carboxylic acids is 1. The van der Waals surface area contributed by atoms with Crippen LogP contribution >= 0.6 is 11.3 Å².